The van der Waals surface area contributed by atoms with Gasteiger partial charge in [0.2, 0.25) is 5.91 Å². The molecule has 0 radical (unpaired) electrons. The lowest BCUT2D eigenvalue weighted by atomic mass is 9.99. The highest BCUT2D eigenvalue weighted by Crippen LogP contribution is 2.26. The minimum Gasteiger partial charge on any atom is -0.454 e. The third kappa shape index (κ3) is 47.8. The zero-order valence-electron chi connectivity index (χ0n) is 53.9. The average Bonchev–Trinajstić information content (AvgIpc) is 3.13. The molecule has 1 aliphatic heterocycles. The fraction of sp³-hybridized carbons (Fsp3) is 0.703. The number of amides is 1. The molecule has 8 atom stereocenters. The Balaban J connectivity index is 2.60. The maximum Gasteiger partial charge on any atom is 0.306 e. The fourth-order valence-electron chi connectivity index (χ4n) is 10.1. The Morgan fingerprint density at radius 2 is 0.894 bits per heavy atom. The number of carbonyl (C=O) groups is 2. The molecule has 8 unspecified atom stereocenters. The smallest absolute Gasteiger partial charge is 0.306 e. The summed E-state index contributed by atoms with van der Waals surface area (Å²) in [6.45, 7) is 5.60. The van der Waals surface area contributed by atoms with E-state index in [2.05, 4.69) is 68.6 Å². The summed E-state index contributed by atoms with van der Waals surface area (Å²) in [6, 6.07) is -1.06. The highest BCUT2D eigenvalue weighted by molar-refractivity contribution is 5.80. The summed E-state index contributed by atoms with van der Waals surface area (Å²) in [7, 11) is 0. The van der Waals surface area contributed by atoms with Crippen molar-refractivity contribution in [1.29, 1.82) is 0 Å². The predicted molar refractivity (Wildman–Crippen MR) is 356 cm³/mol. The zero-order chi connectivity index (χ0) is 61.7. The SMILES string of the molecule is CC\C=C/C=C/C=C/C=C\C=C\C=C\CCCCC(O)C(=O)NC(COC1OC(CO)C(O)C(O)C1OC(=O)CCCCCCCCCCCCCCCC/C=C\C/C=C\C/C=C\CCCCC)C(O)/C=C/CCCCCCCCCCCCC. The molecule has 0 aromatic carbocycles. The molecule has 0 aromatic rings. The van der Waals surface area contributed by atoms with E-state index in [-0.39, 0.29) is 19.4 Å². The van der Waals surface area contributed by atoms with Gasteiger partial charge in [-0.15, -0.1) is 0 Å². The molecule has 1 rings (SSSR count). The molecule has 1 fully saturated rings. The number of aliphatic hydroxyl groups excluding tert-OH is 5. The van der Waals surface area contributed by atoms with Crippen LogP contribution < -0.4 is 5.32 Å². The molecule has 11 heteroatoms. The Hall–Kier alpha value is -3.94. The maximum atomic E-state index is 13.4. The van der Waals surface area contributed by atoms with E-state index in [1.807, 2.05) is 72.9 Å². The summed E-state index contributed by atoms with van der Waals surface area (Å²) in [5.41, 5.74) is 0. The van der Waals surface area contributed by atoms with E-state index in [1.54, 1.807) is 6.08 Å². The number of ether oxygens (including phenoxy) is 3. The van der Waals surface area contributed by atoms with E-state index in [4.69, 9.17) is 14.2 Å². The van der Waals surface area contributed by atoms with Crippen LogP contribution in [0, 0.1) is 0 Å². The molecule has 0 saturated carbocycles. The van der Waals surface area contributed by atoms with Crippen molar-refractivity contribution in [1.82, 2.24) is 5.32 Å². The first kappa shape index (κ1) is 79.1. The number of allylic oxidation sites excluding steroid dienone is 19. The van der Waals surface area contributed by atoms with Gasteiger partial charge in [0.15, 0.2) is 12.4 Å². The number of unbranched alkanes of at least 4 members (excludes halogenated alkanes) is 30. The third-order valence-corrected chi connectivity index (χ3v) is 15.5. The Labute approximate surface area is 519 Å². The molecule has 486 valence electrons. The van der Waals surface area contributed by atoms with Gasteiger partial charge < -0.3 is 45.1 Å². The number of aliphatic hydroxyl groups is 5. The van der Waals surface area contributed by atoms with E-state index < -0.39 is 67.4 Å². The van der Waals surface area contributed by atoms with Gasteiger partial charge in [-0.25, -0.2) is 0 Å². The van der Waals surface area contributed by atoms with E-state index in [9.17, 15) is 35.1 Å². The predicted octanol–water partition coefficient (Wildman–Crippen LogP) is 17.4. The largest absolute Gasteiger partial charge is 0.454 e. The monoisotopic (exact) mass is 1190 g/mol. The van der Waals surface area contributed by atoms with Gasteiger partial charge in [0.1, 0.15) is 24.4 Å². The van der Waals surface area contributed by atoms with Crippen molar-refractivity contribution in [3.05, 3.63) is 122 Å². The number of nitrogens with one attached hydrogen (secondary N) is 1. The Kier molecular flexibility index (Phi) is 56.1. The van der Waals surface area contributed by atoms with Gasteiger partial charge in [0.25, 0.3) is 0 Å². The van der Waals surface area contributed by atoms with E-state index in [0.717, 1.165) is 77.0 Å². The standard InChI is InChI=1S/C74H125NO10/c1-4-7-10-13-16-19-22-25-27-29-30-31-32-33-34-35-36-37-38-39-41-44-47-50-53-56-59-62-69(79)85-72-71(81)70(80)68(63-76)84-74(72)83-64-65(66(77)60-57-54-51-48-45-42-24-21-18-15-12-9-6-3)75-73(82)67(78)61-58-55-52-49-46-43-40-28-26-23-20-17-14-11-8-5-2/h8,11,14,16-17,19-20,23,25-28,30-31,40,43,46,49,57,60,65-68,70-72,74,76-78,80-81H,4-7,9-10,12-13,15,18,21-22,24,29,32-39,41-42,44-45,47-48,50-56,58-59,61-64H2,1-3H3,(H,75,82)/b11-8-,17-14+,19-16-,23-20+,27-25-,28-26-,31-30-,43-40+,49-46+,60-57+. The number of carbonyl (C=O) groups excluding carboxylic acids is 2. The quantitative estimate of drug-likeness (QED) is 0.0149. The van der Waals surface area contributed by atoms with Crippen LogP contribution in [0.4, 0.5) is 0 Å². The molecule has 1 aliphatic rings. The van der Waals surface area contributed by atoms with Crippen LogP contribution in [-0.4, -0.2) is 99.6 Å². The summed E-state index contributed by atoms with van der Waals surface area (Å²) in [5.74, 6) is -1.24. The Bertz CT molecular complexity index is 1850. The van der Waals surface area contributed by atoms with E-state index >= 15 is 0 Å². The van der Waals surface area contributed by atoms with E-state index in [0.29, 0.717) is 12.8 Å². The van der Waals surface area contributed by atoms with Crippen LogP contribution in [-0.2, 0) is 23.8 Å². The molecular formula is C74H125NO10. The summed E-state index contributed by atoms with van der Waals surface area (Å²) in [4.78, 5) is 26.6. The van der Waals surface area contributed by atoms with Gasteiger partial charge in [-0.1, -0.05) is 303 Å². The van der Waals surface area contributed by atoms with Gasteiger partial charge in [-0.2, -0.15) is 0 Å². The third-order valence-electron chi connectivity index (χ3n) is 15.5. The summed E-state index contributed by atoms with van der Waals surface area (Å²) in [5, 5.41) is 57.1. The van der Waals surface area contributed by atoms with Gasteiger partial charge in [-0.3, -0.25) is 9.59 Å². The molecule has 1 heterocycles. The lowest BCUT2D eigenvalue weighted by Crippen LogP contribution is -2.61. The molecule has 6 N–H and O–H groups in total. The number of hydrogen-bond acceptors (Lipinski definition) is 10. The minimum atomic E-state index is -1.63. The molecule has 85 heavy (non-hydrogen) atoms. The molecule has 0 aromatic heterocycles. The average molecular weight is 1190 g/mol. The molecule has 1 amide bonds. The molecule has 0 aliphatic carbocycles. The summed E-state index contributed by atoms with van der Waals surface area (Å²) >= 11 is 0. The lowest BCUT2D eigenvalue weighted by molar-refractivity contribution is -0.305. The van der Waals surface area contributed by atoms with Crippen molar-refractivity contribution >= 4 is 11.9 Å². The van der Waals surface area contributed by atoms with Gasteiger partial charge in [-0.05, 0) is 83.5 Å². The molecular weight excluding hydrogens is 1060 g/mol. The van der Waals surface area contributed by atoms with Crippen molar-refractivity contribution in [3.8, 4) is 0 Å². The van der Waals surface area contributed by atoms with E-state index in [1.165, 1.54) is 148 Å². The lowest BCUT2D eigenvalue weighted by Gasteiger charge is -2.41. The number of esters is 1. The van der Waals surface area contributed by atoms with Crippen molar-refractivity contribution in [2.24, 2.45) is 0 Å². The second kappa shape index (κ2) is 60.3. The van der Waals surface area contributed by atoms with Crippen molar-refractivity contribution in [2.45, 2.75) is 320 Å². The van der Waals surface area contributed by atoms with Crippen LogP contribution in [0.25, 0.3) is 0 Å². The topological polar surface area (TPSA) is 175 Å². The maximum absolute atomic E-state index is 13.4. The van der Waals surface area contributed by atoms with Crippen molar-refractivity contribution in [2.75, 3.05) is 13.2 Å². The second-order valence-corrected chi connectivity index (χ2v) is 23.3. The molecule has 1 saturated heterocycles. The second-order valence-electron chi connectivity index (χ2n) is 23.3. The van der Waals surface area contributed by atoms with Crippen LogP contribution >= 0.6 is 0 Å². The van der Waals surface area contributed by atoms with Gasteiger partial charge in [0.05, 0.1) is 25.4 Å². The summed E-state index contributed by atoms with van der Waals surface area (Å²) in [6.07, 6.45) is 73.8. The minimum absolute atomic E-state index is 0.111. The van der Waals surface area contributed by atoms with Crippen molar-refractivity contribution < 1.29 is 49.3 Å². The zero-order valence-corrected chi connectivity index (χ0v) is 53.9. The van der Waals surface area contributed by atoms with Crippen molar-refractivity contribution in [3.63, 3.8) is 0 Å². The molecule has 0 spiro atoms. The van der Waals surface area contributed by atoms with Crippen LogP contribution in [0.3, 0.4) is 0 Å². The van der Waals surface area contributed by atoms with Gasteiger partial charge in [0, 0.05) is 6.42 Å². The Morgan fingerprint density at radius 3 is 1.40 bits per heavy atom. The first-order chi connectivity index (χ1) is 41.7. The fourth-order valence-corrected chi connectivity index (χ4v) is 10.1. The first-order valence-corrected chi connectivity index (χ1v) is 34.4. The van der Waals surface area contributed by atoms with Gasteiger partial charge >= 0.3 is 5.97 Å². The normalized spacial score (nSPS) is 19.2. The van der Waals surface area contributed by atoms with Crippen LogP contribution in [0.5, 0.6) is 0 Å². The number of rotatable bonds is 57. The summed E-state index contributed by atoms with van der Waals surface area (Å²) < 4.78 is 17.7. The molecule has 0 bridgehead atoms. The highest BCUT2D eigenvalue weighted by atomic mass is 16.7. The molecule has 11 nitrogen and oxygen atoms in total. The number of hydrogen-bond donors (Lipinski definition) is 6. The Morgan fingerprint density at radius 1 is 0.482 bits per heavy atom. The van der Waals surface area contributed by atoms with Crippen LogP contribution in [0.2, 0.25) is 0 Å². The van der Waals surface area contributed by atoms with Crippen LogP contribution in [0.15, 0.2) is 122 Å². The highest BCUT2D eigenvalue weighted by Gasteiger charge is 2.47. The first-order valence-electron chi connectivity index (χ1n) is 34.4. The van der Waals surface area contributed by atoms with Crippen LogP contribution in [0.1, 0.15) is 271 Å².